The number of phenolic OH excluding ortho intramolecular Hbond substituents is 1. The predicted octanol–water partition coefficient (Wildman–Crippen LogP) is -2.43. The van der Waals surface area contributed by atoms with E-state index in [9.17, 15) is 77.6 Å². The van der Waals surface area contributed by atoms with Crippen LogP contribution in [0.25, 0.3) is 0 Å². The smallest absolute Gasteiger partial charge is 0.305 e. The van der Waals surface area contributed by atoms with E-state index in [-0.39, 0.29) is 63.2 Å². The highest BCUT2D eigenvalue weighted by molar-refractivity contribution is 7.80. The van der Waals surface area contributed by atoms with Crippen molar-refractivity contribution < 1.29 is 82.8 Å². The standard InChI is InChI=1S/C57H86N12O17S/c1-5-7-16-38(61-31-71)51(80)65-40(24-32(3)4)53(82)67-41(25-33-14-10-9-11-15-33)55(84)63-39(17-8-6-2)52(81)66-42(26-34-19-21-35(72)22-20-34)54(83)62-37(48(59)77)18-12-13-23-60-50(79)44(29-70)68-57(86)45(30-87)69-56(85)43(28-47(75)76)64-49(78)36(58)27-46(73)74/h9-11,14-15,19-22,31-32,36-45,70,72,87H,5-8,12-13,16-18,23-30,58H2,1-4H3,(H2,59,77)(H,60,79)(H,61,71)(H,62,83)(H,63,84)(H,64,78)(H,65,80)(H,66,81)(H,67,82)(H,68,86)(H,69,85)(H,73,74)(H,75,76)/t36-,37-,38-,39-,40-,41-,42-,43-,44-,45-/m0/s1. The summed E-state index contributed by atoms with van der Waals surface area (Å²) in [6.07, 6.45) is 1.51. The van der Waals surface area contributed by atoms with Crippen molar-refractivity contribution >= 4 is 90.0 Å². The number of carbonyl (C=O) groups excluding carboxylic acids is 11. The Morgan fingerprint density at radius 3 is 1.47 bits per heavy atom. The summed E-state index contributed by atoms with van der Waals surface area (Å²) < 4.78 is 0. The van der Waals surface area contributed by atoms with Crippen molar-refractivity contribution in [3.05, 3.63) is 65.7 Å². The maximum absolute atomic E-state index is 14.4. The number of phenols is 1. The van der Waals surface area contributed by atoms with Crippen LogP contribution in [-0.4, -0.2) is 177 Å². The van der Waals surface area contributed by atoms with Gasteiger partial charge in [0.2, 0.25) is 65.5 Å². The van der Waals surface area contributed by atoms with E-state index in [0.717, 1.165) is 6.42 Å². The molecule has 29 nitrogen and oxygen atoms in total. The van der Waals surface area contributed by atoms with E-state index in [4.69, 9.17) is 16.6 Å². The zero-order chi connectivity index (χ0) is 65.2. The molecule has 0 aromatic heterocycles. The van der Waals surface area contributed by atoms with Crippen molar-refractivity contribution in [1.29, 1.82) is 0 Å². The second kappa shape index (κ2) is 40.1. The van der Waals surface area contributed by atoms with Gasteiger partial charge in [0, 0.05) is 25.1 Å². The van der Waals surface area contributed by atoms with Crippen molar-refractivity contribution in [2.45, 2.75) is 178 Å². The average Bonchev–Trinajstić information content (AvgIpc) is 3.27. The first-order chi connectivity index (χ1) is 41.3. The van der Waals surface area contributed by atoms with Crippen LogP contribution in [0, 0.1) is 5.92 Å². The SMILES string of the molecule is CCCC[C@H](NC=O)C(=O)N[C@@H](CC(C)C)C(=O)N[C@@H](Cc1ccccc1)C(=O)N[C@@H](CCCC)C(=O)N[C@@H](Cc1ccc(O)cc1)C(=O)N[C@@H](CCCCNC(=O)[C@H](CO)NC(=O)[C@H](CS)NC(=O)[C@H](CC(=O)O)NC(=O)[C@@H](N)CC(=O)O)C(N)=O. The van der Waals surface area contributed by atoms with Gasteiger partial charge in [-0.1, -0.05) is 95.8 Å². The molecule has 0 unspecified atom stereocenters. The molecule has 87 heavy (non-hydrogen) atoms. The fourth-order valence-corrected chi connectivity index (χ4v) is 8.89. The van der Waals surface area contributed by atoms with Gasteiger partial charge >= 0.3 is 11.9 Å². The second-order valence-electron chi connectivity index (χ2n) is 21.2. The molecule has 0 saturated carbocycles. The molecular formula is C57H86N12O17S. The van der Waals surface area contributed by atoms with Crippen LogP contribution in [0.5, 0.6) is 5.75 Å². The molecule has 0 aliphatic heterocycles. The van der Waals surface area contributed by atoms with Crippen LogP contribution < -0.4 is 64.6 Å². The summed E-state index contributed by atoms with van der Waals surface area (Å²) in [5.74, 6) is -12.5. The number of aliphatic hydroxyl groups is 1. The Hall–Kier alpha value is -8.38. The molecule has 2 aromatic carbocycles. The molecule has 0 fully saturated rings. The summed E-state index contributed by atoms with van der Waals surface area (Å²) in [5, 5.41) is 63.2. The number of hydrogen-bond donors (Lipinski definition) is 17. The number of unbranched alkanes of at least 4 members (excludes halogenated alkanes) is 3. The van der Waals surface area contributed by atoms with Crippen LogP contribution in [-0.2, 0) is 75.2 Å². The first-order valence-corrected chi connectivity index (χ1v) is 29.3. The number of aliphatic hydroxyl groups excluding tert-OH is 1. The second-order valence-corrected chi connectivity index (χ2v) is 21.5. The summed E-state index contributed by atoms with van der Waals surface area (Å²) >= 11 is 4.03. The lowest BCUT2D eigenvalue weighted by molar-refractivity contribution is -0.142. The Morgan fingerprint density at radius 1 is 0.517 bits per heavy atom. The number of nitrogens with two attached hydrogens (primary N) is 2. The third kappa shape index (κ3) is 28.6. The Kier molecular flexibility index (Phi) is 34.4. The van der Waals surface area contributed by atoms with E-state index in [1.807, 2.05) is 33.0 Å². The number of carbonyl (C=O) groups is 13. The van der Waals surface area contributed by atoms with Crippen molar-refractivity contribution in [2.24, 2.45) is 17.4 Å². The summed E-state index contributed by atoms with van der Waals surface area (Å²) in [4.78, 5) is 169. The maximum Gasteiger partial charge on any atom is 0.305 e. The fourth-order valence-electron chi connectivity index (χ4n) is 8.63. The van der Waals surface area contributed by atoms with Crippen LogP contribution in [0.3, 0.4) is 0 Å². The van der Waals surface area contributed by atoms with Crippen LogP contribution in [0.1, 0.15) is 116 Å². The van der Waals surface area contributed by atoms with Gasteiger partial charge in [0.25, 0.3) is 0 Å². The Morgan fingerprint density at radius 2 is 0.954 bits per heavy atom. The molecule has 2 rings (SSSR count). The normalized spacial score (nSPS) is 14.4. The number of carboxylic acids is 2. The fraction of sp³-hybridized carbons (Fsp3) is 0.561. The topological polar surface area (TPSA) is 475 Å². The molecule has 18 N–H and O–H groups in total. The Labute approximate surface area is 510 Å². The lowest BCUT2D eigenvalue weighted by Gasteiger charge is -2.28. The number of aliphatic carboxylic acids is 2. The summed E-state index contributed by atoms with van der Waals surface area (Å²) in [7, 11) is 0. The highest BCUT2D eigenvalue weighted by Crippen LogP contribution is 2.15. The highest BCUT2D eigenvalue weighted by atomic mass is 32.1. The largest absolute Gasteiger partial charge is 0.508 e. The van der Waals surface area contributed by atoms with Gasteiger partial charge in [0.15, 0.2) is 0 Å². The maximum atomic E-state index is 14.4. The minimum Gasteiger partial charge on any atom is -0.508 e. The molecule has 0 bridgehead atoms. The summed E-state index contributed by atoms with van der Waals surface area (Å²) in [6, 6.07) is 0.528. The predicted molar refractivity (Wildman–Crippen MR) is 318 cm³/mol. The minimum atomic E-state index is -1.82. The van der Waals surface area contributed by atoms with Gasteiger partial charge in [-0.25, -0.2) is 0 Å². The highest BCUT2D eigenvalue weighted by Gasteiger charge is 2.35. The average molecular weight is 1240 g/mol. The molecule has 0 aliphatic carbocycles. The number of nitrogens with one attached hydrogen (secondary N) is 10. The number of amides is 11. The van der Waals surface area contributed by atoms with Gasteiger partial charge in [-0.3, -0.25) is 62.3 Å². The number of aromatic hydroxyl groups is 1. The quantitative estimate of drug-likeness (QED) is 0.0186. The van der Waals surface area contributed by atoms with E-state index >= 15 is 0 Å². The third-order valence-corrected chi connectivity index (χ3v) is 13.8. The van der Waals surface area contributed by atoms with Gasteiger partial charge in [-0.2, -0.15) is 12.6 Å². The van der Waals surface area contributed by atoms with Crippen LogP contribution in [0.15, 0.2) is 54.6 Å². The van der Waals surface area contributed by atoms with E-state index in [2.05, 4.69) is 60.5 Å². The van der Waals surface area contributed by atoms with Crippen molar-refractivity contribution in [2.75, 3.05) is 18.9 Å². The zero-order valence-corrected chi connectivity index (χ0v) is 50.2. The van der Waals surface area contributed by atoms with E-state index in [0.29, 0.717) is 43.2 Å². The summed E-state index contributed by atoms with van der Waals surface area (Å²) in [5.41, 5.74) is 12.4. The lowest BCUT2D eigenvalue weighted by atomic mass is 9.99. The number of hydrogen-bond acceptors (Lipinski definition) is 17. The van der Waals surface area contributed by atoms with Gasteiger partial charge in [0.1, 0.15) is 60.1 Å². The number of thiol groups is 1. The van der Waals surface area contributed by atoms with Crippen LogP contribution in [0.4, 0.5) is 0 Å². The third-order valence-electron chi connectivity index (χ3n) is 13.4. The van der Waals surface area contributed by atoms with E-state index < -0.39 is 157 Å². The Balaban J connectivity index is 2.27. The number of primary amides is 1. The molecule has 0 radical (unpaired) electrons. The lowest BCUT2D eigenvalue weighted by Crippen LogP contribution is -2.60. The van der Waals surface area contributed by atoms with Gasteiger partial charge < -0.3 is 85.1 Å². The molecule has 482 valence electrons. The van der Waals surface area contributed by atoms with Crippen LogP contribution in [0.2, 0.25) is 0 Å². The number of carboxylic acid groups (broad SMARTS) is 2. The monoisotopic (exact) mass is 1240 g/mol. The van der Waals surface area contributed by atoms with Gasteiger partial charge in [-0.05, 0) is 67.7 Å². The van der Waals surface area contributed by atoms with Crippen molar-refractivity contribution in [3.63, 3.8) is 0 Å². The Bertz CT molecular complexity index is 2620. The van der Waals surface area contributed by atoms with Crippen molar-refractivity contribution in [1.82, 2.24) is 53.2 Å². The molecule has 30 heteroatoms. The van der Waals surface area contributed by atoms with Gasteiger partial charge in [-0.15, -0.1) is 0 Å². The molecule has 0 saturated heterocycles. The molecule has 11 amide bonds. The zero-order valence-electron chi connectivity index (χ0n) is 49.3. The van der Waals surface area contributed by atoms with Crippen molar-refractivity contribution in [3.8, 4) is 5.75 Å². The molecule has 2 aromatic rings. The molecule has 0 heterocycles. The van der Waals surface area contributed by atoms with Crippen LogP contribution >= 0.6 is 12.6 Å². The first kappa shape index (κ1) is 74.7. The number of rotatable bonds is 43. The molecule has 0 spiro atoms. The first-order valence-electron chi connectivity index (χ1n) is 28.7. The van der Waals surface area contributed by atoms with Gasteiger partial charge in [0.05, 0.1) is 25.5 Å². The molecule has 0 aliphatic rings. The van der Waals surface area contributed by atoms with E-state index in [1.165, 1.54) is 24.3 Å². The molecular weight excluding hydrogens is 1160 g/mol. The van der Waals surface area contributed by atoms with E-state index in [1.54, 1.807) is 30.3 Å². The number of benzene rings is 2. The minimum absolute atomic E-state index is 0.0354. The summed E-state index contributed by atoms with van der Waals surface area (Å²) in [6.45, 7) is 6.43. The molecule has 10 atom stereocenters.